The van der Waals surface area contributed by atoms with Crippen molar-refractivity contribution in [3.05, 3.63) is 128 Å². The zero-order valence-corrected chi connectivity index (χ0v) is 28.0. The van der Waals surface area contributed by atoms with Gasteiger partial charge in [0.05, 0.1) is 5.56 Å². The van der Waals surface area contributed by atoms with Gasteiger partial charge in [0.25, 0.3) is 5.56 Å². The van der Waals surface area contributed by atoms with Gasteiger partial charge in [-0.1, -0.05) is 74.1 Å². The van der Waals surface area contributed by atoms with E-state index in [2.05, 4.69) is 23.7 Å². The lowest BCUT2D eigenvalue weighted by atomic mass is 10.0. The van der Waals surface area contributed by atoms with Crippen LogP contribution in [0.5, 0.6) is 0 Å². The van der Waals surface area contributed by atoms with E-state index >= 15 is 0 Å². The number of likely N-dealkylation sites (N-methyl/N-ethyl adjacent to an activating group) is 1. The Bertz CT molecular complexity index is 1740. The summed E-state index contributed by atoms with van der Waals surface area (Å²) in [6.45, 7) is 7.55. The molecule has 0 bridgehead atoms. The molecule has 0 unspecified atom stereocenters. The van der Waals surface area contributed by atoms with Crippen molar-refractivity contribution in [3.63, 3.8) is 0 Å². The Labute approximate surface area is 282 Å². The van der Waals surface area contributed by atoms with Crippen LogP contribution in [0.2, 0.25) is 0 Å². The molecule has 4 aromatic rings. The number of hydrogen-bond donors (Lipinski definition) is 0. The molecule has 0 radical (unpaired) electrons. The summed E-state index contributed by atoms with van der Waals surface area (Å²) in [5, 5.41) is 0.481. The number of aromatic nitrogens is 2. The monoisotopic (exact) mass is 680 g/mol. The van der Waals surface area contributed by atoms with E-state index in [9.17, 15) is 27.2 Å². The normalized spacial score (nSPS) is 12.8. The van der Waals surface area contributed by atoms with Gasteiger partial charge in [0.2, 0.25) is 5.91 Å². The van der Waals surface area contributed by atoms with Crippen molar-refractivity contribution in [2.45, 2.75) is 69.7 Å². The second-order valence-electron chi connectivity index (χ2n) is 12.0. The van der Waals surface area contributed by atoms with Crippen molar-refractivity contribution in [1.29, 1.82) is 0 Å². The number of nitrogens with zero attached hydrogens (tertiary/aromatic N) is 4. The van der Waals surface area contributed by atoms with Crippen molar-refractivity contribution >= 4 is 17.7 Å². The van der Waals surface area contributed by atoms with Gasteiger partial charge in [-0.3, -0.25) is 9.59 Å². The highest BCUT2D eigenvalue weighted by Gasteiger charge is 2.30. The van der Waals surface area contributed by atoms with Crippen LogP contribution in [0.15, 0.2) is 82.7 Å². The minimum absolute atomic E-state index is 0.0472. The molecule has 1 aliphatic carbocycles. The number of alkyl halides is 3. The summed E-state index contributed by atoms with van der Waals surface area (Å²) in [6, 6.07) is 19.2. The molecule has 0 N–H and O–H groups in total. The zero-order chi connectivity index (χ0) is 34.3. The van der Waals surface area contributed by atoms with Crippen molar-refractivity contribution in [2.75, 3.05) is 26.2 Å². The van der Waals surface area contributed by atoms with Gasteiger partial charge in [-0.25, -0.2) is 4.39 Å². The summed E-state index contributed by atoms with van der Waals surface area (Å²) in [4.78, 5) is 35.5. The number of fused-ring (bicyclic) bond motifs is 1. The zero-order valence-electron chi connectivity index (χ0n) is 27.2. The third-order valence-electron chi connectivity index (χ3n) is 8.79. The van der Waals surface area contributed by atoms with Crippen LogP contribution in [0.25, 0.3) is 0 Å². The molecule has 0 saturated carbocycles. The summed E-state index contributed by atoms with van der Waals surface area (Å²) in [6.07, 6.45) is -1.70. The van der Waals surface area contributed by atoms with Gasteiger partial charge in [0.1, 0.15) is 12.4 Å². The van der Waals surface area contributed by atoms with Crippen LogP contribution in [0.1, 0.15) is 59.3 Å². The Morgan fingerprint density at radius 1 is 0.854 bits per heavy atom. The van der Waals surface area contributed by atoms with Crippen LogP contribution in [0.4, 0.5) is 17.6 Å². The van der Waals surface area contributed by atoms with Gasteiger partial charge in [-0.15, -0.1) is 0 Å². The number of carbonyl (C=O) groups is 1. The van der Waals surface area contributed by atoms with Crippen molar-refractivity contribution in [3.8, 4) is 0 Å². The van der Waals surface area contributed by atoms with Crippen LogP contribution in [-0.4, -0.2) is 51.4 Å². The fourth-order valence-corrected chi connectivity index (χ4v) is 6.91. The minimum Gasteiger partial charge on any atom is -0.336 e. The van der Waals surface area contributed by atoms with E-state index in [1.165, 1.54) is 36.0 Å². The van der Waals surface area contributed by atoms with Crippen LogP contribution < -0.4 is 5.56 Å². The molecular formula is C37H40F4N4O2S. The van der Waals surface area contributed by atoms with Crippen LogP contribution >= 0.6 is 11.8 Å². The summed E-state index contributed by atoms with van der Waals surface area (Å²) in [7, 11) is 0. The molecule has 254 valence electrons. The van der Waals surface area contributed by atoms with Crippen molar-refractivity contribution in [1.82, 2.24) is 19.4 Å². The number of benzene rings is 3. The number of amides is 1. The number of hydrogen-bond acceptors (Lipinski definition) is 5. The van der Waals surface area contributed by atoms with E-state index < -0.39 is 11.7 Å². The van der Waals surface area contributed by atoms with Crippen molar-refractivity contribution < 1.29 is 22.4 Å². The lowest BCUT2D eigenvalue weighted by Gasteiger charge is -2.28. The number of thioether (sulfide) groups is 1. The Kier molecular flexibility index (Phi) is 11.8. The quantitative estimate of drug-likeness (QED) is 0.0805. The molecule has 6 nitrogen and oxygen atoms in total. The first-order valence-corrected chi connectivity index (χ1v) is 17.3. The first-order valence-electron chi connectivity index (χ1n) is 16.3. The predicted octanol–water partition coefficient (Wildman–Crippen LogP) is 7.14. The van der Waals surface area contributed by atoms with Gasteiger partial charge in [-0.2, -0.15) is 18.2 Å². The van der Waals surface area contributed by atoms with E-state index in [1.54, 1.807) is 12.1 Å². The largest absolute Gasteiger partial charge is 0.416 e. The average Bonchev–Trinajstić information content (AvgIpc) is 3.57. The molecule has 0 spiro atoms. The summed E-state index contributed by atoms with van der Waals surface area (Å²) in [5.41, 5.74) is 4.18. The highest BCUT2D eigenvalue weighted by atomic mass is 32.2. The van der Waals surface area contributed by atoms with Gasteiger partial charge in [-0.05, 0) is 85.3 Å². The molecule has 1 heterocycles. The molecular weight excluding hydrogens is 640 g/mol. The maximum absolute atomic E-state index is 14.1. The fourth-order valence-electron chi connectivity index (χ4n) is 5.95. The lowest BCUT2D eigenvalue weighted by Crippen LogP contribution is -2.40. The molecule has 1 aliphatic rings. The molecule has 0 atom stereocenters. The molecule has 11 heteroatoms. The molecule has 0 fully saturated rings. The molecule has 1 amide bonds. The number of carbonyl (C=O) groups excluding carboxylic acids is 1. The van der Waals surface area contributed by atoms with Crippen LogP contribution in [0, 0.1) is 5.82 Å². The third-order valence-corrected chi connectivity index (χ3v) is 9.84. The first-order chi connectivity index (χ1) is 23.0. The number of rotatable bonds is 14. The highest BCUT2D eigenvalue weighted by molar-refractivity contribution is 7.98. The molecule has 0 aliphatic heterocycles. The van der Waals surface area contributed by atoms with E-state index in [1.807, 2.05) is 33.7 Å². The molecule has 3 aromatic carbocycles. The van der Waals surface area contributed by atoms with E-state index in [0.29, 0.717) is 55.4 Å². The maximum atomic E-state index is 14.1. The van der Waals surface area contributed by atoms with Gasteiger partial charge < -0.3 is 14.4 Å². The Morgan fingerprint density at radius 2 is 1.46 bits per heavy atom. The Morgan fingerprint density at radius 3 is 2.08 bits per heavy atom. The van der Waals surface area contributed by atoms with Gasteiger partial charge in [0.15, 0.2) is 5.16 Å². The second-order valence-corrected chi connectivity index (χ2v) is 13.0. The van der Waals surface area contributed by atoms with Gasteiger partial charge >= 0.3 is 6.18 Å². The molecule has 0 saturated heterocycles. The third kappa shape index (κ3) is 9.14. The SMILES string of the molecule is CCN(CC)CCN(Cc1ccc(Cc2ccc(C(F)(F)F)cc2)cc1)C(=O)Cn1c(SCc2ccc(F)cc2)nc(=O)c2c1CCC2. The maximum Gasteiger partial charge on any atom is 0.416 e. The molecule has 48 heavy (non-hydrogen) atoms. The first kappa shape index (κ1) is 35.3. The van der Waals surface area contributed by atoms with Crippen LogP contribution in [0.3, 0.4) is 0 Å². The van der Waals surface area contributed by atoms with Crippen LogP contribution in [-0.2, 0) is 49.1 Å². The smallest absolute Gasteiger partial charge is 0.336 e. The standard InChI is InChI=1S/C37H40F4N4O2S/c1-3-43(4-2)20-21-44(23-28-10-8-26(9-11-28)22-27-12-16-30(17-13-27)37(39,40)41)34(46)24-45-33-7-5-6-32(33)35(47)42-36(45)48-25-29-14-18-31(38)19-15-29/h8-19H,3-7,20-25H2,1-2H3. The Hall–Kier alpha value is -3.96. The molecule has 5 rings (SSSR count). The van der Waals surface area contributed by atoms with E-state index in [-0.39, 0.29) is 23.8 Å². The average molecular weight is 681 g/mol. The summed E-state index contributed by atoms with van der Waals surface area (Å²) in [5.74, 6) is 0.0733. The summed E-state index contributed by atoms with van der Waals surface area (Å²) < 4.78 is 54.2. The molecule has 1 aromatic heterocycles. The van der Waals surface area contributed by atoms with E-state index in [0.717, 1.165) is 59.6 Å². The number of halogens is 4. The minimum atomic E-state index is -4.37. The summed E-state index contributed by atoms with van der Waals surface area (Å²) >= 11 is 1.37. The highest BCUT2D eigenvalue weighted by Crippen LogP contribution is 2.30. The van der Waals surface area contributed by atoms with Gasteiger partial charge in [0, 0.05) is 36.6 Å². The second kappa shape index (κ2) is 16.0. The topological polar surface area (TPSA) is 58.4 Å². The predicted molar refractivity (Wildman–Crippen MR) is 180 cm³/mol. The van der Waals surface area contributed by atoms with Crippen molar-refractivity contribution in [2.24, 2.45) is 0 Å². The lowest BCUT2D eigenvalue weighted by molar-refractivity contribution is -0.137. The Balaban J connectivity index is 1.34. The van der Waals surface area contributed by atoms with E-state index in [4.69, 9.17) is 0 Å². The fraction of sp³-hybridized carbons (Fsp3) is 0.378.